The number of rotatable bonds is 7. The molecule has 1 N–H and O–H groups in total. The van der Waals surface area contributed by atoms with Gasteiger partial charge in [-0.3, -0.25) is 9.69 Å². The third-order valence-corrected chi connectivity index (χ3v) is 5.29. The normalized spacial score (nSPS) is 17.5. The lowest BCUT2D eigenvalue weighted by molar-refractivity contribution is -0.123. The van der Waals surface area contributed by atoms with Gasteiger partial charge in [0.25, 0.3) is 5.91 Å². The number of piperidine rings is 1. The van der Waals surface area contributed by atoms with Crippen molar-refractivity contribution in [2.24, 2.45) is 0 Å². The van der Waals surface area contributed by atoms with E-state index in [0.29, 0.717) is 12.6 Å². The summed E-state index contributed by atoms with van der Waals surface area (Å²) >= 11 is 0. The zero-order chi connectivity index (χ0) is 19.1. The summed E-state index contributed by atoms with van der Waals surface area (Å²) in [5, 5.41) is 2.92. The second kappa shape index (κ2) is 9.56. The maximum absolute atomic E-state index is 12.0. The van der Waals surface area contributed by atoms with Crippen LogP contribution < -0.4 is 10.1 Å². The first kappa shape index (κ1) is 19.4. The molecule has 1 saturated heterocycles. The molecule has 0 spiro atoms. The number of nitrogens with one attached hydrogen (secondary N) is 1. The predicted molar refractivity (Wildman–Crippen MR) is 109 cm³/mol. The summed E-state index contributed by atoms with van der Waals surface area (Å²) in [5.74, 6) is 0.647. The topological polar surface area (TPSA) is 41.6 Å². The summed E-state index contributed by atoms with van der Waals surface area (Å²) < 4.78 is 5.58. The highest BCUT2D eigenvalue weighted by molar-refractivity contribution is 5.77. The van der Waals surface area contributed by atoms with Crippen molar-refractivity contribution in [3.63, 3.8) is 0 Å². The van der Waals surface area contributed by atoms with Crippen LogP contribution in [0.4, 0.5) is 0 Å². The van der Waals surface area contributed by atoms with Gasteiger partial charge in [-0.2, -0.15) is 0 Å². The van der Waals surface area contributed by atoms with Crippen molar-refractivity contribution in [1.82, 2.24) is 10.2 Å². The SMILES string of the molecule is Cc1ccccc1OCC(=O)NCc1ccc(CN2CCCCC2C)cc1. The van der Waals surface area contributed by atoms with Crippen LogP contribution in [0.2, 0.25) is 0 Å². The second-order valence-corrected chi connectivity index (χ2v) is 7.46. The van der Waals surface area contributed by atoms with Gasteiger partial charge >= 0.3 is 0 Å². The smallest absolute Gasteiger partial charge is 0.258 e. The molecular weight excluding hydrogens is 336 g/mol. The lowest BCUT2D eigenvalue weighted by atomic mass is 10.0. The first-order chi connectivity index (χ1) is 13.1. The van der Waals surface area contributed by atoms with Crippen LogP contribution in [0, 0.1) is 6.92 Å². The van der Waals surface area contributed by atoms with Gasteiger partial charge in [0.2, 0.25) is 0 Å². The molecule has 27 heavy (non-hydrogen) atoms. The molecule has 3 rings (SSSR count). The van der Waals surface area contributed by atoms with Gasteiger partial charge in [0.15, 0.2) is 6.61 Å². The third kappa shape index (κ3) is 5.83. The van der Waals surface area contributed by atoms with E-state index in [1.807, 2.05) is 31.2 Å². The first-order valence-corrected chi connectivity index (χ1v) is 9.89. The molecule has 0 saturated carbocycles. The van der Waals surface area contributed by atoms with Gasteiger partial charge in [-0.15, -0.1) is 0 Å². The van der Waals surface area contributed by atoms with Crippen molar-refractivity contribution >= 4 is 5.91 Å². The monoisotopic (exact) mass is 366 g/mol. The van der Waals surface area contributed by atoms with E-state index >= 15 is 0 Å². The fourth-order valence-electron chi connectivity index (χ4n) is 3.50. The number of hydrogen-bond acceptors (Lipinski definition) is 3. The number of carbonyl (C=O) groups is 1. The number of carbonyl (C=O) groups excluding carboxylic acids is 1. The van der Waals surface area contributed by atoms with E-state index in [1.54, 1.807) is 0 Å². The molecule has 1 unspecified atom stereocenters. The fourth-order valence-corrected chi connectivity index (χ4v) is 3.50. The van der Waals surface area contributed by atoms with Crippen LogP contribution in [0.3, 0.4) is 0 Å². The van der Waals surface area contributed by atoms with Crippen molar-refractivity contribution in [2.45, 2.75) is 52.2 Å². The molecule has 0 radical (unpaired) electrons. The molecule has 4 heteroatoms. The Morgan fingerprint density at radius 3 is 2.59 bits per heavy atom. The van der Waals surface area contributed by atoms with Gasteiger partial charge in [-0.1, -0.05) is 48.9 Å². The van der Waals surface area contributed by atoms with Gasteiger partial charge in [0.1, 0.15) is 5.75 Å². The average Bonchev–Trinajstić information content (AvgIpc) is 2.68. The van der Waals surface area contributed by atoms with Crippen molar-refractivity contribution in [2.75, 3.05) is 13.2 Å². The molecule has 144 valence electrons. The van der Waals surface area contributed by atoms with Crippen LogP contribution in [0.1, 0.15) is 42.9 Å². The van der Waals surface area contributed by atoms with Crippen LogP contribution in [-0.4, -0.2) is 30.0 Å². The van der Waals surface area contributed by atoms with Crippen molar-refractivity contribution in [3.8, 4) is 5.75 Å². The molecular formula is C23H30N2O2. The number of likely N-dealkylation sites (tertiary alicyclic amines) is 1. The van der Waals surface area contributed by atoms with Gasteiger partial charge < -0.3 is 10.1 Å². The highest BCUT2D eigenvalue weighted by Crippen LogP contribution is 2.19. The standard InChI is InChI=1S/C23H30N2O2/c1-18-7-3-4-9-22(18)27-17-23(26)24-15-20-10-12-21(13-11-20)16-25-14-6-5-8-19(25)2/h3-4,7,9-13,19H,5-6,8,14-17H2,1-2H3,(H,24,26). The Balaban J connectivity index is 1.43. The Kier molecular flexibility index (Phi) is 6.88. The number of ether oxygens (including phenoxy) is 1. The molecule has 4 nitrogen and oxygen atoms in total. The van der Waals surface area contributed by atoms with Crippen molar-refractivity contribution in [1.29, 1.82) is 0 Å². The number of hydrogen-bond donors (Lipinski definition) is 1. The zero-order valence-electron chi connectivity index (χ0n) is 16.4. The number of amides is 1. The van der Waals surface area contributed by atoms with Gasteiger partial charge in [-0.05, 0) is 56.0 Å². The minimum Gasteiger partial charge on any atom is -0.484 e. The Bertz CT molecular complexity index is 742. The zero-order valence-corrected chi connectivity index (χ0v) is 16.4. The summed E-state index contributed by atoms with van der Waals surface area (Å²) in [6.45, 7) is 7.06. The van der Waals surface area contributed by atoms with E-state index in [4.69, 9.17) is 4.74 Å². The van der Waals surface area contributed by atoms with E-state index in [-0.39, 0.29) is 12.5 Å². The maximum atomic E-state index is 12.0. The summed E-state index contributed by atoms with van der Waals surface area (Å²) in [6, 6.07) is 16.9. The van der Waals surface area contributed by atoms with Crippen LogP contribution in [0.15, 0.2) is 48.5 Å². The largest absolute Gasteiger partial charge is 0.484 e. The predicted octanol–water partition coefficient (Wildman–Crippen LogP) is 4.06. The maximum Gasteiger partial charge on any atom is 0.258 e. The lowest BCUT2D eigenvalue weighted by Gasteiger charge is -2.33. The van der Waals surface area contributed by atoms with Gasteiger partial charge in [0, 0.05) is 19.1 Å². The summed E-state index contributed by atoms with van der Waals surface area (Å²) in [6.07, 6.45) is 3.96. The third-order valence-electron chi connectivity index (χ3n) is 5.29. The molecule has 1 atom stereocenters. The number of benzene rings is 2. The molecule has 0 aromatic heterocycles. The van der Waals surface area contributed by atoms with Crippen LogP contribution in [0.25, 0.3) is 0 Å². The Labute approximate surface area is 162 Å². The summed E-state index contributed by atoms with van der Waals surface area (Å²) in [5.41, 5.74) is 3.47. The number of nitrogens with zero attached hydrogens (tertiary/aromatic N) is 1. The average molecular weight is 367 g/mol. The first-order valence-electron chi connectivity index (χ1n) is 9.89. The molecule has 1 aliphatic rings. The molecule has 0 aliphatic carbocycles. The van der Waals surface area contributed by atoms with Crippen LogP contribution >= 0.6 is 0 Å². The van der Waals surface area contributed by atoms with E-state index in [9.17, 15) is 4.79 Å². The quantitative estimate of drug-likeness (QED) is 0.803. The fraction of sp³-hybridized carbons (Fsp3) is 0.435. The summed E-state index contributed by atoms with van der Waals surface area (Å²) in [7, 11) is 0. The van der Waals surface area contributed by atoms with Crippen molar-refractivity contribution < 1.29 is 9.53 Å². The van der Waals surface area contributed by atoms with Crippen LogP contribution in [-0.2, 0) is 17.9 Å². The number of aryl methyl sites for hydroxylation is 1. The van der Waals surface area contributed by atoms with Crippen molar-refractivity contribution in [3.05, 3.63) is 65.2 Å². The molecule has 0 bridgehead atoms. The Morgan fingerprint density at radius 2 is 1.85 bits per heavy atom. The van der Waals surface area contributed by atoms with E-state index in [0.717, 1.165) is 23.4 Å². The second-order valence-electron chi connectivity index (χ2n) is 7.46. The molecule has 1 heterocycles. The van der Waals surface area contributed by atoms with Crippen LogP contribution in [0.5, 0.6) is 5.75 Å². The Hall–Kier alpha value is -2.33. The summed E-state index contributed by atoms with van der Waals surface area (Å²) in [4.78, 5) is 14.6. The lowest BCUT2D eigenvalue weighted by Crippen LogP contribution is -2.36. The molecule has 2 aromatic rings. The minimum atomic E-state index is -0.107. The molecule has 2 aromatic carbocycles. The highest BCUT2D eigenvalue weighted by Gasteiger charge is 2.17. The molecule has 1 aliphatic heterocycles. The van der Waals surface area contributed by atoms with Gasteiger partial charge in [0.05, 0.1) is 0 Å². The van der Waals surface area contributed by atoms with Gasteiger partial charge in [-0.25, -0.2) is 0 Å². The van der Waals surface area contributed by atoms with E-state index in [2.05, 4.69) is 41.4 Å². The number of para-hydroxylation sites is 1. The minimum absolute atomic E-state index is 0.0375. The molecule has 1 amide bonds. The molecule has 1 fully saturated rings. The van der Waals surface area contributed by atoms with E-state index < -0.39 is 0 Å². The van der Waals surface area contributed by atoms with E-state index in [1.165, 1.54) is 31.4 Å². The highest BCUT2D eigenvalue weighted by atomic mass is 16.5. The Morgan fingerprint density at radius 1 is 1.11 bits per heavy atom.